The fraction of sp³-hybridized carbons (Fsp3) is 0.182. The highest BCUT2D eigenvalue weighted by atomic mass is 33.1. The van der Waals surface area contributed by atoms with Crippen LogP contribution in [-0.4, -0.2) is 0 Å². The second-order valence-corrected chi connectivity index (χ2v) is 14.7. The van der Waals surface area contributed by atoms with E-state index in [-0.39, 0.29) is 0 Å². The number of benzene rings is 6. The first-order valence-corrected chi connectivity index (χ1v) is 18.2. The third-order valence-electron chi connectivity index (χ3n) is 9.24. The van der Waals surface area contributed by atoms with E-state index in [1.54, 1.807) is 0 Å². The van der Waals surface area contributed by atoms with Crippen LogP contribution in [0.15, 0.2) is 119 Å². The van der Waals surface area contributed by atoms with E-state index >= 15 is 0 Å². The van der Waals surface area contributed by atoms with Crippen LogP contribution in [0.2, 0.25) is 0 Å². The first-order valence-electron chi connectivity index (χ1n) is 16.0. The maximum absolute atomic E-state index is 2.32. The summed E-state index contributed by atoms with van der Waals surface area (Å²) in [4.78, 5) is 2.62. The van der Waals surface area contributed by atoms with E-state index < -0.39 is 0 Å². The smallest absolute Gasteiger partial charge is 0.0343 e. The Kier molecular flexibility index (Phi) is 9.32. The van der Waals surface area contributed by atoms with Crippen molar-refractivity contribution < 1.29 is 0 Å². The minimum absolute atomic E-state index is 1.30. The third kappa shape index (κ3) is 5.97. The fourth-order valence-electron chi connectivity index (χ4n) is 7.08. The Bertz CT molecular complexity index is 1710. The molecule has 6 aromatic rings. The molecule has 6 aromatic carbocycles. The zero-order valence-electron chi connectivity index (χ0n) is 28.2. The van der Waals surface area contributed by atoms with Crippen molar-refractivity contribution in [2.24, 2.45) is 0 Å². The molecule has 0 atom stereocenters. The van der Waals surface area contributed by atoms with Crippen LogP contribution in [0.1, 0.15) is 44.5 Å². The van der Waals surface area contributed by atoms with E-state index in [0.29, 0.717) is 0 Å². The normalized spacial score (nSPS) is 11.2. The predicted octanol–water partition coefficient (Wildman–Crippen LogP) is 13.6. The average Bonchev–Trinajstić information content (AvgIpc) is 3.01. The summed E-state index contributed by atoms with van der Waals surface area (Å²) in [5.41, 5.74) is 20.9. The highest BCUT2D eigenvalue weighted by Crippen LogP contribution is 2.53. The van der Waals surface area contributed by atoms with E-state index in [1.165, 1.54) is 98.8 Å². The molecule has 0 nitrogen and oxygen atoms in total. The molecule has 2 heteroatoms. The van der Waals surface area contributed by atoms with Gasteiger partial charge < -0.3 is 0 Å². The van der Waals surface area contributed by atoms with E-state index in [2.05, 4.69) is 165 Å². The SMILES string of the molecule is Cc1cccc(C)c1-c1cccc(-c2c(C)cccc2C)c1SSc1c(-c2c(C)cccc2C)cccc1-c1c(C)cccc1C. The molecule has 6 rings (SSSR count). The van der Waals surface area contributed by atoms with Gasteiger partial charge in [-0.3, -0.25) is 0 Å². The molecule has 0 bridgehead atoms. The molecule has 0 aromatic heterocycles. The van der Waals surface area contributed by atoms with Gasteiger partial charge in [-0.05, 0) is 144 Å². The summed E-state index contributed by atoms with van der Waals surface area (Å²) in [6.07, 6.45) is 0. The van der Waals surface area contributed by atoms with Crippen molar-refractivity contribution in [3.63, 3.8) is 0 Å². The van der Waals surface area contributed by atoms with E-state index in [9.17, 15) is 0 Å². The molecular weight excluding hydrogens is 593 g/mol. The summed E-state index contributed by atoms with van der Waals surface area (Å²) >= 11 is 0. The summed E-state index contributed by atoms with van der Waals surface area (Å²) in [6.45, 7) is 17.9. The molecule has 0 saturated carbocycles. The highest BCUT2D eigenvalue weighted by molar-refractivity contribution is 8.76. The monoisotopic (exact) mass is 634 g/mol. The molecule has 46 heavy (non-hydrogen) atoms. The maximum Gasteiger partial charge on any atom is 0.0343 e. The van der Waals surface area contributed by atoms with Crippen molar-refractivity contribution >= 4 is 21.6 Å². The van der Waals surface area contributed by atoms with E-state index in [0.717, 1.165) is 0 Å². The van der Waals surface area contributed by atoms with Crippen LogP contribution in [0.25, 0.3) is 44.5 Å². The summed E-state index contributed by atoms with van der Waals surface area (Å²) in [6, 6.07) is 40.4. The number of rotatable bonds is 7. The molecule has 0 aliphatic heterocycles. The largest absolute Gasteiger partial charge is 0.0617 e. The van der Waals surface area contributed by atoms with Crippen molar-refractivity contribution in [3.8, 4) is 44.5 Å². The topological polar surface area (TPSA) is 0 Å². The lowest BCUT2D eigenvalue weighted by molar-refractivity contribution is 1.31. The predicted molar refractivity (Wildman–Crippen MR) is 204 cm³/mol. The van der Waals surface area contributed by atoms with Gasteiger partial charge in [-0.2, -0.15) is 0 Å². The zero-order chi connectivity index (χ0) is 32.5. The molecule has 0 aliphatic rings. The minimum atomic E-state index is 1.30. The molecule has 0 fully saturated rings. The van der Waals surface area contributed by atoms with Gasteiger partial charge in [0.2, 0.25) is 0 Å². The van der Waals surface area contributed by atoms with Gasteiger partial charge in [-0.1, -0.05) is 131 Å². The molecule has 0 radical (unpaired) electrons. The Hall–Kier alpha value is -3.98. The molecule has 0 spiro atoms. The van der Waals surface area contributed by atoms with Crippen LogP contribution in [0.5, 0.6) is 0 Å². The summed E-state index contributed by atoms with van der Waals surface area (Å²) in [5.74, 6) is 0. The van der Waals surface area contributed by atoms with Gasteiger partial charge in [0.25, 0.3) is 0 Å². The van der Waals surface area contributed by atoms with Gasteiger partial charge in [0.15, 0.2) is 0 Å². The van der Waals surface area contributed by atoms with Gasteiger partial charge in [-0.15, -0.1) is 0 Å². The lowest BCUT2D eigenvalue weighted by atomic mass is 9.90. The van der Waals surface area contributed by atoms with Crippen molar-refractivity contribution in [3.05, 3.63) is 154 Å². The molecule has 0 heterocycles. The Morgan fingerprint density at radius 2 is 0.435 bits per heavy atom. The van der Waals surface area contributed by atoms with Gasteiger partial charge in [-0.25, -0.2) is 0 Å². The van der Waals surface area contributed by atoms with Crippen LogP contribution in [0, 0.1) is 55.4 Å². The summed E-state index contributed by atoms with van der Waals surface area (Å²) < 4.78 is 0. The van der Waals surface area contributed by atoms with Crippen LogP contribution < -0.4 is 0 Å². The molecule has 0 N–H and O–H groups in total. The summed E-state index contributed by atoms with van der Waals surface area (Å²) in [7, 11) is 3.82. The van der Waals surface area contributed by atoms with Crippen LogP contribution in [-0.2, 0) is 0 Å². The Balaban J connectivity index is 1.62. The van der Waals surface area contributed by atoms with Crippen LogP contribution in [0.3, 0.4) is 0 Å². The van der Waals surface area contributed by atoms with E-state index in [4.69, 9.17) is 0 Å². The van der Waals surface area contributed by atoms with E-state index in [1.807, 2.05) is 21.6 Å². The van der Waals surface area contributed by atoms with Crippen molar-refractivity contribution in [1.29, 1.82) is 0 Å². The number of hydrogen-bond acceptors (Lipinski definition) is 2. The first kappa shape index (κ1) is 32.0. The van der Waals surface area contributed by atoms with Crippen LogP contribution in [0.4, 0.5) is 0 Å². The van der Waals surface area contributed by atoms with Gasteiger partial charge in [0, 0.05) is 9.79 Å². The van der Waals surface area contributed by atoms with Crippen molar-refractivity contribution in [2.75, 3.05) is 0 Å². The highest BCUT2D eigenvalue weighted by Gasteiger charge is 2.22. The van der Waals surface area contributed by atoms with Crippen molar-refractivity contribution in [2.45, 2.75) is 65.2 Å². The molecule has 0 unspecified atom stereocenters. The van der Waals surface area contributed by atoms with Crippen molar-refractivity contribution in [1.82, 2.24) is 0 Å². The molecule has 230 valence electrons. The fourth-order valence-corrected chi connectivity index (χ4v) is 9.87. The van der Waals surface area contributed by atoms with Gasteiger partial charge in [0.05, 0.1) is 0 Å². The Morgan fingerprint density at radius 3 is 0.630 bits per heavy atom. The second-order valence-electron chi connectivity index (χ2n) is 12.6. The van der Waals surface area contributed by atoms with Crippen LogP contribution >= 0.6 is 21.6 Å². The number of aryl methyl sites for hydroxylation is 8. The quantitative estimate of drug-likeness (QED) is 0.160. The third-order valence-corrected chi connectivity index (χ3v) is 11.8. The summed E-state index contributed by atoms with van der Waals surface area (Å²) in [5, 5.41) is 0. The van der Waals surface area contributed by atoms with Gasteiger partial charge in [0.1, 0.15) is 0 Å². The zero-order valence-corrected chi connectivity index (χ0v) is 29.8. The molecule has 0 aliphatic carbocycles. The second kappa shape index (κ2) is 13.4. The Labute approximate surface area is 283 Å². The lowest BCUT2D eigenvalue weighted by Crippen LogP contribution is -1.96. The number of hydrogen-bond donors (Lipinski definition) is 0. The first-order chi connectivity index (χ1) is 22.2. The average molecular weight is 635 g/mol. The lowest BCUT2D eigenvalue weighted by Gasteiger charge is -2.22. The standard InChI is InChI=1S/C44H42S2/c1-27-15-9-16-28(2)39(27)35-23-13-24-36(40-29(3)17-10-18-30(40)4)43(35)45-46-44-37(41-31(5)19-11-20-32(41)6)25-14-26-38(44)42-33(7)21-12-22-34(42)8/h9-26H,1-8H3. The van der Waals surface area contributed by atoms with Gasteiger partial charge >= 0.3 is 0 Å². The Morgan fingerprint density at radius 1 is 0.261 bits per heavy atom. The maximum atomic E-state index is 2.32. The minimum Gasteiger partial charge on any atom is -0.0617 e. The molecule has 0 amide bonds. The molecular formula is C44H42S2. The molecule has 0 saturated heterocycles.